The number of hydrogen-bond acceptors (Lipinski definition) is 2. The van der Waals surface area contributed by atoms with Crippen molar-refractivity contribution >= 4 is 12.4 Å². The highest BCUT2D eigenvalue weighted by Gasteiger charge is 2.31. The molecule has 1 rings (SSSR count). The maximum absolute atomic E-state index is 12.7. The number of rotatable bonds is 5. The third-order valence-electron chi connectivity index (χ3n) is 2.21. The fraction of sp³-hybridized carbons (Fsp3) is 0.400. The van der Waals surface area contributed by atoms with Crippen LogP contribution in [-0.2, 0) is 0 Å². The molecule has 0 radical (unpaired) electrons. The van der Waals surface area contributed by atoms with Crippen LogP contribution < -0.4 is 14.9 Å². The van der Waals surface area contributed by atoms with Crippen molar-refractivity contribution in [2.75, 3.05) is 13.7 Å². The van der Waals surface area contributed by atoms with E-state index in [1.54, 1.807) is 0 Å². The van der Waals surface area contributed by atoms with E-state index in [2.05, 4.69) is 9.47 Å². The molecule has 0 aromatic heterocycles. The van der Waals surface area contributed by atoms with Gasteiger partial charge in [0.1, 0.15) is 5.75 Å². The smallest absolute Gasteiger partial charge is 0.497 e. The molecule has 0 aliphatic rings. The number of ether oxygens (including phenoxy) is 2. The average Bonchev–Trinajstić information content (AvgIpc) is 2.26. The lowest BCUT2D eigenvalue weighted by Crippen LogP contribution is -2.35. The molecule has 0 saturated heterocycles. The SMILES string of the molecule is COc1ccc(OCCC(F)(F)F)c([B-](F)(F)F)c1. The molecule has 0 aliphatic heterocycles. The molecule has 1 aromatic carbocycles. The zero-order valence-corrected chi connectivity index (χ0v) is 9.81. The lowest BCUT2D eigenvalue weighted by Gasteiger charge is -2.21. The van der Waals surface area contributed by atoms with Gasteiger partial charge in [0.25, 0.3) is 0 Å². The van der Waals surface area contributed by atoms with Gasteiger partial charge in [-0.2, -0.15) is 13.2 Å². The molecule has 0 heterocycles. The van der Waals surface area contributed by atoms with Crippen LogP contribution in [-0.4, -0.2) is 26.9 Å². The molecule has 108 valence electrons. The lowest BCUT2D eigenvalue weighted by atomic mass is 9.79. The minimum absolute atomic E-state index is 0.0441. The van der Waals surface area contributed by atoms with Gasteiger partial charge in [-0.1, -0.05) is 5.46 Å². The monoisotopic (exact) mass is 287 g/mol. The fourth-order valence-corrected chi connectivity index (χ4v) is 1.32. The Labute approximate surface area is 105 Å². The van der Waals surface area contributed by atoms with Gasteiger partial charge in [-0.05, 0) is 18.2 Å². The van der Waals surface area contributed by atoms with Crippen LogP contribution in [0.2, 0.25) is 0 Å². The van der Waals surface area contributed by atoms with Gasteiger partial charge < -0.3 is 22.4 Å². The van der Waals surface area contributed by atoms with Crippen LogP contribution in [0, 0.1) is 0 Å². The molecule has 0 spiro atoms. The van der Waals surface area contributed by atoms with Crippen molar-refractivity contribution in [2.24, 2.45) is 0 Å². The molecule has 0 aliphatic carbocycles. The summed E-state index contributed by atoms with van der Waals surface area (Å²) in [5, 5.41) is 0. The third-order valence-corrected chi connectivity index (χ3v) is 2.21. The number of alkyl halides is 3. The zero-order chi connectivity index (χ0) is 14.7. The highest BCUT2D eigenvalue weighted by molar-refractivity contribution is 6.74. The molecule has 0 fully saturated rings. The molecule has 0 unspecified atom stereocenters. The van der Waals surface area contributed by atoms with E-state index in [0.29, 0.717) is 6.07 Å². The summed E-state index contributed by atoms with van der Waals surface area (Å²) in [6, 6.07) is 2.83. The van der Waals surface area contributed by atoms with Crippen molar-refractivity contribution in [1.29, 1.82) is 0 Å². The number of hydrogen-bond donors (Lipinski definition) is 0. The Hall–Kier alpha value is -1.54. The maximum atomic E-state index is 12.7. The van der Waals surface area contributed by atoms with E-state index >= 15 is 0 Å². The fourth-order valence-electron chi connectivity index (χ4n) is 1.32. The Morgan fingerprint density at radius 3 is 2.26 bits per heavy atom. The highest BCUT2D eigenvalue weighted by Crippen LogP contribution is 2.24. The molecular weight excluding hydrogens is 277 g/mol. The number of methoxy groups -OCH3 is 1. The first-order valence-electron chi connectivity index (χ1n) is 5.21. The molecular formula is C10H10BF6O2-. The standard InChI is InChI=1S/C10H10BF6O2/c1-18-7-2-3-9(8(6-7)11(15,16)17)19-5-4-10(12,13)14/h2-3,6H,4-5H2,1H3/q-1. The van der Waals surface area contributed by atoms with E-state index in [0.717, 1.165) is 6.07 Å². The average molecular weight is 287 g/mol. The topological polar surface area (TPSA) is 18.5 Å². The molecule has 2 nitrogen and oxygen atoms in total. The van der Waals surface area contributed by atoms with Crippen LogP contribution in [0.15, 0.2) is 18.2 Å². The van der Waals surface area contributed by atoms with Gasteiger partial charge in [0, 0.05) is 0 Å². The summed E-state index contributed by atoms with van der Waals surface area (Å²) >= 11 is 0. The summed E-state index contributed by atoms with van der Waals surface area (Å²) < 4.78 is 83.1. The van der Waals surface area contributed by atoms with E-state index in [9.17, 15) is 26.1 Å². The Morgan fingerprint density at radius 2 is 1.79 bits per heavy atom. The molecule has 19 heavy (non-hydrogen) atoms. The first-order valence-corrected chi connectivity index (χ1v) is 5.21. The summed E-state index contributed by atoms with van der Waals surface area (Å²) in [5.74, 6) is -0.671. The van der Waals surface area contributed by atoms with Gasteiger partial charge >= 0.3 is 13.2 Å². The highest BCUT2D eigenvalue weighted by atomic mass is 19.4. The predicted octanol–water partition coefficient (Wildman–Crippen LogP) is 3.08. The van der Waals surface area contributed by atoms with Crippen LogP contribution in [0.4, 0.5) is 26.1 Å². The lowest BCUT2D eigenvalue weighted by molar-refractivity contribution is -0.139. The molecule has 0 atom stereocenters. The summed E-state index contributed by atoms with van der Waals surface area (Å²) in [6.07, 6.45) is -5.79. The van der Waals surface area contributed by atoms with Gasteiger partial charge in [0.2, 0.25) is 0 Å². The molecule has 0 N–H and O–H groups in total. The van der Waals surface area contributed by atoms with E-state index in [1.165, 1.54) is 13.2 Å². The Balaban J connectivity index is 2.88. The number of benzene rings is 1. The maximum Gasteiger partial charge on any atom is 0.513 e. The van der Waals surface area contributed by atoms with Crippen molar-refractivity contribution in [3.05, 3.63) is 18.2 Å². The van der Waals surface area contributed by atoms with Crippen LogP contribution >= 0.6 is 0 Å². The Kier molecular flexibility index (Phi) is 4.59. The van der Waals surface area contributed by atoms with Crippen LogP contribution in [0.3, 0.4) is 0 Å². The quantitative estimate of drug-likeness (QED) is 0.612. The second-order valence-corrected chi connectivity index (χ2v) is 3.69. The summed E-state index contributed by atoms with van der Waals surface area (Å²) in [7, 11) is 1.19. The van der Waals surface area contributed by atoms with Crippen molar-refractivity contribution < 1.29 is 35.6 Å². The van der Waals surface area contributed by atoms with Crippen molar-refractivity contribution in [1.82, 2.24) is 0 Å². The Bertz CT molecular complexity index is 429. The van der Waals surface area contributed by atoms with Gasteiger partial charge in [0.15, 0.2) is 0 Å². The summed E-state index contributed by atoms with van der Waals surface area (Å²) in [4.78, 5) is 0. The Morgan fingerprint density at radius 1 is 1.16 bits per heavy atom. The minimum Gasteiger partial charge on any atom is -0.497 e. The third kappa shape index (κ3) is 4.92. The first kappa shape index (κ1) is 15.5. The van der Waals surface area contributed by atoms with Crippen molar-refractivity contribution in [3.8, 4) is 11.5 Å². The molecule has 0 bridgehead atoms. The van der Waals surface area contributed by atoms with E-state index in [1.807, 2.05) is 0 Å². The van der Waals surface area contributed by atoms with E-state index in [-0.39, 0.29) is 5.75 Å². The van der Waals surface area contributed by atoms with Crippen LogP contribution in [0.5, 0.6) is 11.5 Å². The molecule has 0 amide bonds. The molecule has 9 heteroatoms. The van der Waals surface area contributed by atoms with E-state index in [4.69, 9.17) is 0 Å². The van der Waals surface area contributed by atoms with Crippen LogP contribution in [0.25, 0.3) is 0 Å². The minimum atomic E-state index is -5.40. The second-order valence-electron chi connectivity index (χ2n) is 3.69. The van der Waals surface area contributed by atoms with Crippen LogP contribution in [0.1, 0.15) is 6.42 Å². The summed E-state index contributed by atoms with van der Waals surface area (Å²) in [5.41, 5.74) is -1.11. The largest absolute Gasteiger partial charge is 0.513 e. The van der Waals surface area contributed by atoms with Gasteiger partial charge in [0.05, 0.1) is 25.9 Å². The number of halogens is 6. The van der Waals surface area contributed by atoms with Crippen molar-refractivity contribution in [2.45, 2.75) is 12.6 Å². The molecule has 1 aromatic rings. The van der Waals surface area contributed by atoms with E-state index < -0.39 is 37.4 Å². The normalized spacial score (nSPS) is 12.4. The van der Waals surface area contributed by atoms with Crippen molar-refractivity contribution in [3.63, 3.8) is 0 Å². The second kappa shape index (κ2) is 5.62. The molecule has 0 saturated carbocycles. The van der Waals surface area contributed by atoms with Gasteiger partial charge in [-0.15, -0.1) is 0 Å². The summed E-state index contributed by atoms with van der Waals surface area (Å²) in [6.45, 7) is -6.26. The zero-order valence-electron chi connectivity index (χ0n) is 9.81. The predicted molar refractivity (Wildman–Crippen MR) is 57.9 cm³/mol. The van der Waals surface area contributed by atoms with Gasteiger partial charge in [-0.25, -0.2) is 0 Å². The van der Waals surface area contributed by atoms with Gasteiger partial charge in [-0.3, -0.25) is 0 Å². The first-order chi connectivity index (χ1) is 8.63.